The number of benzene rings is 4. The zero-order valence-electron chi connectivity index (χ0n) is 28.3. The summed E-state index contributed by atoms with van der Waals surface area (Å²) in [5.41, 5.74) is 7.60. The number of carbonyl (C=O) groups is 2. The zero-order valence-corrected chi connectivity index (χ0v) is 28.3. The Morgan fingerprint density at radius 1 is 0.714 bits per heavy atom. The monoisotopic (exact) mass is 653 g/mol. The summed E-state index contributed by atoms with van der Waals surface area (Å²) in [6.07, 6.45) is 12.3. The first kappa shape index (κ1) is 33.7. The number of rotatable bonds is 13. The van der Waals surface area contributed by atoms with Crippen LogP contribution >= 0.6 is 0 Å². The van der Waals surface area contributed by atoms with E-state index in [0.29, 0.717) is 13.1 Å². The summed E-state index contributed by atoms with van der Waals surface area (Å²) < 4.78 is 0. The van der Waals surface area contributed by atoms with Crippen molar-refractivity contribution >= 4 is 23.3 Å². The molecule has 6 heteroatoms. The molecule has 6 rings (SSSR count). The molecular formula is C43H45N2O4+. The van der Waals surface area contributed by atoms with Crippen molar-refractivity contribution in [2.24, 2.45) is 0 Å². The first-order valence-corrected chi connectivity index (χ1v) is 17.1. The van der Waals surface area contributed by atoms with E-state index >= 15 is 0 Å². The fraction of sp³-hybridized carbons (Fsp3) is 0.256. The summed E-state index contributed by atoms with van der Waals surface area (Å²) >= 11 is 0. The summed E-state index contributed by atoms with van der Waals surface area (Å²) in [7, 11) is 0. The maximum atomic E-state index is 11.7. The second kappa shape index (κ2) is 14.5. The van der Waals surface area contributed by atoms with Gasteiger partial charge >= 0.3 is 11.9 Å². The van der Waals surface area contributed by atoms with Crippen molar-refractivity contribution in [3.8, 4) is 0 Å². The molecule has 0 fully saturated rings. The van der Waals surface area contributed by atoms with Gasteiger partial charge < -0.3 is 15.1 Å². The molecule has 2 aliphatic heterocycles. The number of nitrogens with zero attached hydrogens (tertiary/aromatic N) is 1. The molecule has 4 aromatic rings. The number of anilines is 1. The molecule has 4 atom stereocenters. The molecule has 6 nitrogen and oxygen atoms in total. The summed E-state index contributed by atoms with van der Waals surface area (Å²) in [5, 5.41) is 19.2. The van der Waals surface area contributed by atoms with Gasteiger partial charge in [-0.2, -0.15) is 0 Å². The number of fused-ring (bicyclic) bond motifs is 2. The Bertz CT molecular complexity index is 1880. The van der Waals surface area contributed by atoms with Crippen molar-refractivity contribution in [1.82, 2.24) is 0 Å². The minimum atomic E-state index is -0.821. The van der Waals surface area contributed by atoms with Crippen LogP contribution in [0.15, 0.2) is 145 Å². The zero-order chi connectivity index (χ0) is 34.4. The van der Waals surface area contributed by atoms with Crippen molar-refractivity contribution in [1.29, 1.82) is 0 Å². The predicted octanol–water partition coefficient (Wildman–Crippen LogP) is 7.05. The van der Waals surface area contributed by atoms with Crippen molar-refractivity contribution in [3.05, 3.63) is 168 Å². The second-order valence-electron chi connectivity index (χ2n) is 13.7. The molecule has 3 N–H and O–H groups in total. The molecule has 2 aliphatic rings. The van der Waals surface area contributed by atoms with Gasteiger partial charge in [0, 0.05) is 28.9 Å². The summed E-state index contributed by atoms with van der Waals surface area (Å²) in [4.78, 5) is 26.8. The van der Waals surface area contributed by atoms with Gasteiger partial charge in [-0.1, -0.05) is 115 Å². The van der Waals surface area contributed by atoms with Crippen molar-refractivity contribution in [3.63, 3.8) is 0 Å². The van der Waals surface area contributed by atoms with Gasteiger partial charge in [0.2, 0.25) is 0 Å². The van der Waals surface area contributed by atoms with E-state index in [1.807, 2.05) is 24.3 Å². The highest BCUT2D eigenvalue weighted by Crippen LogP contribution is 2.49. The normalized spacial score (nSPS) is 23.7. The molecule has 0 spiro atoms. The SMILES string of the molecule is CC1(Cc2ccccc2)\C(=C/C=C/C=C/C2[NH+](CCC(=O)O)c3ccccc3C2(C)Cc2ccccc2)N(CCC(=O)O)c2ccccc21. The van der Waals surface area contributed by atoms with Gasteiger partial charge in [0.1, 0.15) is 11.7 Å². The van der Waals surface area contributed by atoms with Crippen LogP contribution in [0.25, 0.3) is 0 Å². The quantitative estimate of drug-likeness (QED) is 0.135. The predicted molar refractivity (Wildman–Crippen MR) is 195 cm³/mol. The Morgan fingerprint density at radius 2 is 1.31 bits per heavy atom. The third kappa shape index (κ3) is 7.01. The molecule has 250 valence electrons. The Morgan fingerprint density at radius 3 is 1.98 bits per heavy atom. The number of carboxylic acid groups (broad SMARTS) is 2. The number of nitrogens with one attached hydrogen (secondary N) is 1. The van der Waals surface area contributed by atoms with Crippen LogP contribution in [0.2, 0.25) is 0 Å². The Kier molecular flexibility index (Phi) is 9.97. The third-order valence-corrected chi connectivity index (χ3v) is 10.3. The van der Waals surface area contributed by atoms with Crippen LogP contribution in [0.3, 0.4) is 0 Å². The maximum absolute atomic E-state index is 11.7. The highest BCUT2D eigenvalue weighted by Gasteiger charge is 2.50. The highest BCUT2D eigenvalue weighted by atomic mass is 16.4. The molecule has 4 aromatic carbocycles. The first-order chi connectivity index (χ1) is 23.7. The largest absolute Gasteiger partial charge is 0.481 e. The van der Waals surface area contributed by atoms with Gasteiger partial charge in [-0.05, 0) is 67.7 Å². The average molecular weight is 654 g/mol. The maximum Gasteiger partial charge on any atom is 0.309 e. The number of hydrogen-bond acceptors (Lipinski definition) is 3. The summed E-state index contributed by atoms with van der Waals surface area (Å²) in [5.74, 6) is -1.61. The molecule has 0 amide bonds. The number of para-hydroxylation sites is 2. The molecule has 0 saturated heterocycles. The lowest BCUT2D eigenvalue weighted by Crippen LogP contribution is -3.11. The number of hydrogen-bond donors (Lipinski definition) is 3. The number of allylic oxidation sites excluding steroid dienone is 5. The summed E-state index contributed by atoms with van der Waals surface area (Å²) in [6, 6.07) is 37.8. The second-order valence-corrected chi connectivity index (χ2v) is 13.7. The van der Waals surface area contributed by atoms with Crippen LogP contribution in [-0.4, -0.2) is 41.3 Å². The lowest BCUT2D eigenvalue weighted by Gasteiger charge is -2.31. The summed E-state index contributed by atoms with van der Waals surface area (Å²) in [6.45, 7) is 5.43. The van der Waals surface area contributed by atoms with E-state index in [9.17, 15) is 19.8 Å². The fourth-order valence-electron chi connectivity index (χ4n) is 8.11. The van der Waals surface area contributed by atoms with Crippen molar-refractivity contribution in [2.75, 3.05) is 18.0 Å². The van der Waals surface area contributed by atoms with Gasteiger partial charge in [0.05, 0.1) is 24.8 Å². The van der Waals surface area contributed by atoms with Gasteiger partial charge in [0.15, 0.2) is 0 Å². The van der Waals surface area contributed by atoms with Gasteiger partial charge in [0.25, 0.3) is 0 Å². The standard InChI is InChI=1S/C43H44N2O4/c1-42(30-32-16-6-3-7-17-32)34-20-12-14-22-36(34)44(28-26-40(46)47)38(42)24-10-5-11-25-39-43(2,31-33-18-8-4-9-19-33)35-21-13-15-23-37(35)45(39)29-27-41(48)49/h3-25,38H,26-31H2,1-2H3,(H,46,47)(H,48,49)/p+1/b11-5+,24-10+,39-25+. The van der Waals surface area contributed by atoms with E-state index in [0.717, 1.165) is 29.9 Å². The number of carboxylic acids is 2. The van der Waals surface area contributed by atoms with Crippen LogP contribution in [0.5, 0.6) is 0 Å². The lowest BCUT2D eigenvalue weighted by molar-refractivity contribution is -0.850. The van der Waals surface area contributed by atoms with Gasteiger partial charge in [-0.25, -0.2) is 0 Å². The minimum Gasteiger partial charge on any atom is -0.481 e. The minimum absolute atomic E-state index is 0.0212. The van der Waals surface area contributed by atoms with E-state index in [4.69, 9.17) is 0 Å². The number of aliphatic carboxylic acids is 2. The molecule has 0 radical (unpaired) electrons. The van der Waals surface area contributed by atoms with Crippen molar-refractivity contribution in [2.45, 2.75) is 56.4 Å². The molecule has 2 heterocycles. The lowest BCUT2D eigenvalue weighted by atomic mass is 9.73. The number of quaternary nitrogens is 1. The van der Waals surface area contributed by atoms with Crippen molar-refractivity contribution < 1.29 is 24.7 Å². The van der Waals surface area contributed by atoms with Gasteiger partial charge in [-0.15, -0.1) is 0 Å². The molecule has 0 bridgehead atoms. The Balaban J connectivity index is 1.35. The molecule has 0 saturated carbocycles. The Hall–Kier alpha value is -5.20. The smallest absolute Gasteiger partial charge is 0.309 e. The van der Waals surface area contributed by atoms with E-state index in [1.54, 1.807) is 0 Å². The van der Waals surface area contributed by atoms with Crippen LogP contribution in [0.1, 0.15) is 48.9 Å². The van der Waals surface area contributed by atoms with E-state index in [-0.39, 0.29) is 29.7 Å². The molecule has 0 aromatic heterocycles. The fourth-order valence-corrected chi connectivity index (χ4v) is 8.11. The average Bonchev–Trinajstić information content (AvgIpc) is 3.47. The van der Waals surface area contributed by atoms with E-state index in [1.165, 1.54) is 27.2 Å². The van der Waals surface area contributed by atoms with E-state index in [2.05, 4.69) is 134 Å². The highest BCUT2D eigenvalue weighted by molar-refractivity contribution is 5.74. The molecule has 49 heavy (non-hydrogen) atoms. The van der Waals surface area contributed by atoms with Crippen LogP contribution in [0, 0.1) is 0 Å². The van der Waals surface area contributed by atoms with Gasteiger partial charge in [-0.3, -0.25) is 14.5 Å². The molecule has 4 unspecified atom stereocenters. The first-order valence-electron chi connectivity index (χ1n) is 17.1. The Labute approximate surface area is 289 Å². The van der Waals surface area contributed by atoms with Crippen LogP contribution in [-0.2, 0) is 33.3 Å². The molecular weight excluding hydrogens is 608 g/mol. The third-order valence-electron chi connectivity index (χ3n) is 10.3. The molecule has 0 aliphatic carbocycles. The van der Waals surface area contributed by atoms with E-state index < -0.39 is 11.9 Å². The van der Waals surface area contributed by atoms with Crippen LogP contribution < -0.4 is 9.80 Å². The van der Waals surface area contributed by atoms with Crippen LogP contribution in [0.4, 0.5) is 11.4 Å². The topological polar surface area (TPSA) is 82.3 Å².